The minimum atomic E-state index is -0.630. The van der Waals surface area contributed by atoms with Gasteiger partial charge in [-0.3, -0.25) is 13.9 Å². The van der Waals surface area contributed by atoms with Crippen LogP contribution in [0.4, 0.5) is 0 Å². The monoisotopic (exact) mass is 465 g/mol. The molecule has 3 aromatic rings. The van der Waals surface area contributed by atoms with Gasteiger partial charge in [-0.1, -0.05) is 15.9 Å². The number of halogens is 1. The van der Waals surface area contributed by atoms with E-state index in [0.717, 1.165) is 15.5 Å². The molecule has 0 aliphatic rings. The van der Waals surface area contributed by atoms with Crippen molar-refractivity contribution in [3.63, 3.8) is 0 Å². The summed E-state index contributed by atoms with van der Waals surface area (Å²) >= 11 is 3.36. The van der Waals surface area contributed by atoms with Crippen molar-refractivity contribution in [1.82, 2.24) is 24.0 Å². The van der Waals surface area contributed by atoms with Crippen molar-refractivity contribution in [3.8, 4) is 5.75 Å². The van der Waals surface area contributed by atoms with Gasteiger partial charge in [0, 0.05) is 31.7 Å². The molecule has 1 atom stereocenters. The van der Waals surface area contributed by atoms with Crippen LogP contribution in [0.1, 0.15) is 6.42 Å². The third-order valence-corrected chi connectivity index (χ3v) is 5.13. The van der Waals surface area contributed by atoms with E-state index in [1.807, 2.05) is 24.3 Å². The Hall–Kier alpha value is -2.43. The van der Waals surface area contributed by atoms with E-state index >= 15 is 0 Å². The fourth-order valence-corrected chi connectivity index (χ4v) is 3.26. The van der Waals surface area contributed by atoms with Gasteiger partial charge in [0.05, 0.1) is 6.33 Å². The van der Waals surface area contributed by atoms with Crippen molar-refractivity contribution < 1.29 is 9.84 Å². The van der Waals surface area contributed by atoms with Crippen molar-refractivity contribution in [3.05, 3.63) is 55.9 Å². The molecule has 0 saturated heterocycles. The van der Waals surface area contributed by atoms with Crippen LogP contribution in [-0.4, -0.2) is 49.6 Å². The summed E-state index contributed by atoms with van der Waals surface area (Å²) in [5.41, 5.74) is 0.0481. The van der Waals surface area contributed by atoms with E-state index < -0.39 is 11.8 Å². The van der Waals surface area contributed by atoms with Crippen LogP contribution in [0.2, 0.25) is 0 Å². The number of aryl methyl sites for hydroxylation is 2. The first-order valence-electron chi connectivity index (χ1n) is 9.26. The van der Waals surface area contributed by atoms with Gasteiger partial charge in [-0.25, -0.2) is 9.78 Å². The molecule has 0 saturated carbocycles. The van der Waals surface area contributed by atoms with E-state index in [-0.39, 0.29) is 12.2 Å². The van der Waals surface area contributed by atoms with Gasteiger partial charge in [0.1, 0.15) is 18.5 Å². The molecule has 0 bridgehead atoms. The molecule has 9 nitrogen and oxygen atoms in total. The molecule has 2 aromatic heterocycles. The van der Waals surface area contributed by atoms with E-state index in [1.54, 1.807) is 17.9 Å². The standard InChI is InChI=1S/C19H24BrN5O4/c1-23-17-16(18(27)24(2)19(23)28)25(12-22-17)9-3-8-21-10-14(26)11-29-15-6-4-13(20)5-7-15/h4-7,12,14,21,26H,3,8-11H2,1-2H3. The summed E-state index contributed by atoms with van der Waals surface area (Å²) in [7, 11) is 3.06. The Kier molecular flexibility index (Phi) is 6.88. The zero-order valence-corrected chi connectivity index (χ0v) is 17.9. The lowest BCUT2D eigenvalue weighted by molar-refractivity contribution is 0.106. The van der Waals surface area contributed by atoms with Gasteiger partial charge in [-0.2, -0.15) is 0 Å². The summed E-state index contributed by atoms with van der Waals surface area (Å²) in [5, 5.41) is 13.2. The molecule has 3 rings (SSSR count). The highest BCUT2D eigenvalue weighted by atomic mass is 79.9. The van der Waals surface area contributed by atoms with Gasteiger partial charge in [-0.05, 0) is 37.2 Å². The Balaban J connectivity index is 1.45. The van der Waals surface area contributed by atoms with Gasteiger partial charge in [-0.15, -0.1) is 0 Å². The molecule has 2 N–H and O–H groups in total. The van der Waals surface area contributed by atoms with Crippen LogP contribution >= 0.6 is 15.9 Å². The molecular weight excluding hydrogens is 442 g/mol. The number of aliphatic hydroxyl groups is 1. The van der Waals surface area contributed by atoms with Crippen LogP contribution in [-0.2, 0) is 20.6 Å². The Bertz CT molecular complexity index is 1090. The number of nitrogens with one attached hydrogen (secondary N) is 1. The van der Waals surface area contributed by atoms with Gasteiger partial charge in [0.15, 0.2) is 11.2 Å². The van der Waals surface area contributed by atoms with Crippen LogP contribution < -0.4 is 21.3 Å². The summed E-state index contributed by atoms with van der Waals surface area (Å²) in [6.45, 7) is 1.83. The molecule has 0 aliphatic heterocycles. The van der Waals surface area contributed by atoms with E-state index in [1.165, 1.54) is 11.6 Å². The minimum Gasteiger partial charge on any atom is -0.491 e. The summed E-state index contributed by atoms with van der Waals surface area (Å²) in [6.07, 6.45) is 1.68. The topological polar surface area (TPSA) is 103 Å². The predicted molar refractivity (Wildman–Crippen MR) is 113 cm³/mol. The van der Waals surface area contributed by atoms with Crippen molar-refractivity contribution in [2.24, 2.45) is 14.1 Å². The second kappa shape index (κ2) is 9.38. The average Bonchev–Trinajstić information content (AvgIpc) is 3.14. The second-order valence-corrected chi connectivity index (χ2v) is 7.71. The first kappa shape index (κ1) is 21.3. The number of ether oxygens (including phenoxy) is 1. The molecule has 1 aromatic carbocycles. The quantitative estimate of drug-likeness (QED) is 0.449. The van der Waals surface area contributed by atoms with Crippen molar-refractivity contribution in [2.75, 3.05) is 19.7 Å². The Morgan fingerprint density at radius 1 is 1.21 bits per heavy atom. The van der Waals surface area contributed by atoms with E-state index in [2.05, 4.69) is 26.2 Å². The molecule has 156 valence electrons. The summed E-state index contributed by atoms with van der Waals surface area (Å²) in [6, 6.07) is 7.43. The molecular formula is C19H24BrN5O4. The van der Waals surface area contributed by atoms with Crippen LogP contribution in [0.15, 0.2) is 44.7 Å². The molecule has 29 heavy (non-hydrogen) atoms. The Morgan fingerprint density at radius 3 is 2.66 bits per heavy atom. The number of hydrogen-bond donors (Lipinski definition) is 2. The summed E-state index contributed by atoms with van der Waals surface area (Å²) in [4.78, 5) is 28.6. The Morgan fingerprint density at radius 2 is 1.93 bits per heavy atom. The maximum Gasteiger partial charge on any atom is 0.332 e. The molecule has 0 aliphatic carbocycles. The van der Waals surface area contributed by atoms with Gasteiger partial charge in [0.25, 0.3) is 5.56 Å². The number of aromatic nitrogens is 4. The molecule has 10 heteroatoms. The van der Waals surface area contributed by atoms with Crippen LogP contribution in [0.5, 0.6) is 5.75 Å². The van der Waals surface area contributed by atoms with Crippen molar-refractivity contribution in [2.45, 2.75) is 19.1 Å². The molecule has 1 unspecified atom stereocenters. The molecule has 0 spiro atoms. The zero-order valence-electron chi connectivity index (χ0n) is 16.3. The zero-order chi connectivity index (χ0) is 21.0. The van der Waals surface area contributed by atoms with Crippen LogP contribution in [0.3, 0.4) is 0 Å². The maximum atomic E-state index is 12.4. The minimum absolute atomic E-state index is 0.199. The molecule has 0 radical (unpaired) electrons. The van der Waals surface area contributed by atoms with E-state index in [4.69, 9.17) is 4.74 Å². The third-order valence-electron chi connectivity index (χ3n) is 4.61. The molecule has 0 amide bonds. The van der Waals surface area contributed by atoms with Gasteiger partial charge < -0.3 is 19.7 Å². The lowest BCUT2D eigenvalue weighted by atomic mass is 10.3. The smallest absolute Gasteiger partial charge is 0.332 e. The summed E-state index contributed by atoms with van der Waals surface area (Å²) < 4.78 is 10.7. The van der Waals surface area contributed by atoms with Gasteiger partial charge >= 0.3 is 5.69 Å². The fraction of sp³-hybridized carbons (Fsp3) is 0.421. The lowest BCUT2D eigenvalue weighted by Gasteiger charge is -2.13. The number of aliphatic hydroxyl groups excluding tert-OH is 1. The third kappa shape index (κ3) is 4.95. The first-order chi connectivity index (χ1) is 13.9. The largest absolute Gasteiger partial charge is 0.491 e. The number of nitrogens with zero attached hydrogens (tertiary/aromatic N) is 4. The first-order valence-corrected chi connectivity index (χ1v) is 10.1. The summed E-state index contributed by atoms with van der Waals surface area (Å²) in [5.74, 6) is 0.704. The number of benzene rings is 1. The Labute approximate surface area is 175 Å². The molecule has 2 heterocycles. The average molecular weight is 466 g/mol. The van der Waals surface area contributed by atoms with Gasteiger partial charge in [0.2, 0.25) is 0 Å². The highest BCUT2D eigenvalue weighted by molar-refractivity contribution is 9.10. The van der Waals surface area contributed by atoms with E-state index in [0.29, 0.717) is 36.5 Å². The normalized spacial score (nSPS) is 12.4. The number of rotatable bonds is 9. The number of fused-ring (bicyclic) bond motifs is 1. The van der Waals surface area contributed by atoms with Crippen molar-refractivity contribution in [1.29, 1.82) is 0 Å². The highest BCUT2D eigenvalue weighted by Gasteiger charge is 2.14. The van der Waals surface area contributed by atoms with Crippen LogP contribution in [0.25, 0.3) is 11.2 Å². The SMILES string of the molecule is Cn1c(=O)c2c(ncn2CCCNCC(O)COc2ccc(Br)cc2)n(C)c1=O. The van der Waals surface area contributed by atoms with Crippen LogP contribution in [0, 0.1) is 0 Å². The maximum absolute atomic E-state index is 12.4. The molecule has 0 fully saturated rings. The predicted octanol–water partition coefficient (Wildman–Crippen LogP) is 0.616. The highest BCUT2D eigenvalue weighted by Crippen LogP contribution is 2.16. The van der Waals surface area contributed by atoms with E-state index in [9.17, 15) is 14.7 Å². The number of hydrogen-bond acceptors (Lipinski definition) is 6. The number of imidazole rings is 1. The fourth-order valence-electron chi connectivity index (χ4n) is 2.99. The second-order valence-electron chi connectivity index (χ2n) is 6.79. The van der Waals surface area contributed by atoms with Crippen molar-refractivity contribution >= 4 is 27.1 Å². The lowest BCUT2D eigenvalue weighted by Crippen LogP contribution is -2.37.